The number of amides is 2. The van der Waals surface area contributed by atoms with Gasteiger partial charge < -0.3 is 19.3 Å². The van der Waals surface area contributed by atoms with Gasteiger partial charge in [-0.05, 0) is 81.4 Å². The minimum absolute atomic E-state index is 0.0584. The molecule has 9 heteroatoms. The maximum absolute atomic E-state index is 12.7. The predicted octanol–water partition coefficient (Wildman–Crippen LogP) is 3.46. The van der Waals surface area contributed by atoms with E-state index in [1.54, 1.807) is 9.80 Å². The first-order valence-corrected chi connectivity index (χ1v) is 11.7. The fraction of sp³-hybridized carbons (Fsp3) is 0.640. The molecule has 0 unspecified atom stereocenters. The lowest BCUT2D eigenvalue weighted by Crippen LogP contribution is -2.47. The third kappa shape index (κ3) is 7.53. The Morgan fingerprint density at radius 3 is 1.18 bits per heavy atom. The summed E-state index contributed by atoms with van der Waals surface area (Å²) in [6, 6.07) is 3.99. The number of carbonyl (C=O) groups is 4. The first kappa shape index (κ1) is 29.1. The summed E-state index contributed by atoms with van der Waals surface area (Å²) in [4.78, 5) is 57.9. The van der Waals surface area contributed by atoms with Crippen molar-refractivity contribution in [2.75, 3.05) is 0 Å². The van der Waals surface area contributed by atoms with E-state index in [9.17, 15) is 19.2 Å². The normalized spacial score (nSPS) is 13.1. The second-order valence-corrected chi connectivity index (χ2v) is 9.37. The molecule has 0 bridgehead atoms. The van der Waals surface area contributed by atoms with Crippen LogP contribution in [0.5, 0.6) is 0 Å². The fourth-order valence-electron chi connectivity index (χ4n) is 3.84. The molecule has 9 nitrogen and oxygen atoms in total. The molecule has 0 aliphatic carbocycles. The van der Waals surface area contributed by atoms with E-state index in [2.05, 4.69) is 4.98 Å². The molecule has 0 saturated heterocycles. The molecule has 1 heterocycles. The lowest BCUT2D eigenvalue weighted by atomic mass is 10.2. The fourth-order valence-corrected chi connectivity index (χ4v) is 3.84. The number of carbonyl (C=O) groups excluding carboxylic acids is 4. The topological polar surface area (TPSA) is 106 Å². The Kier molecular flexibility index (Phi) is 10.7. The number of pyridine rings is 1. The number of hydrogen-bond donors (Lipinski definition) is 0. The van der Waals surface area contributed by atoms with Gasteiger partial charge in [0.1, 0.15) is 11.4 Å². The minimum atomic E-state index is -1.02. The van der Waals surface area contributed by atoms with E-state index in [0.717, 1.165) is 0 Å². The van der Waals surface area contributed by atoms with Crippen LogP contribution in [0.1, 0.15) is 90.2 Å². The quantitative estimate of drug-likeness (QED) is 0.475. The lowest BCUT2D eigenvalue weighted by Gasteiger charge is -2.32. The first-order chi connectivity index (χ1) is 15.7. The summed E-state index contributed by atoms with van der Waals surface area (Å²) in [7, 11) is 0. The highest BCUT2D eigenvalue weighted by Crippen LogP contribution is 2.13. The predicted molar refractivity (Wildman–Crippen MR) is 128 cm³/mol. The van der Waals surface area contributed by atoms with Gasteiger partial charge in [0, 0.05) is 24.2 Å². The van der Waals surface area contributed by atoms with Gasteiger partial charge in [-0.1, -0.05) is 6.07 Å². The molecular weight excluding hydrogens is 438 g/mol. The average molecular weight is 478 g/mol. The molecule has 0 aliphatic heterocycles. The van der Waals surface area contributed by atoms with E-state index in [1.165, 1.54) is 32.0 Å². The van der Waals surface area contributed by atoms with Crippen molar-refractivity contribution in [3.63, 3.8) is 0 Å². The molecule has 0 radical (unpaired) electrons. The van der Waals surface area contributed by atoms with Gasteiger partial charge in [0.15, 0.2) is 12.2 Å². The van der Waals surface area contributed by atoms with Gasteiger partial charge in [-0.25, -0.2) is 14.6 Å². The Hall–Kier alpha value is -2.97. The van der Waals surface area contributed by atoms with Gasteiger partial charge in [-0.2, -0.15) is 0 Å². The van der Waals surface area contributed by atoms with Crippen LogP contribution in [-0.4, -0.2) is 74.9 Å². The summed E-state index contributed by atoms with van der Waals surface area (Å²) < 4.78 is 10.6. The zero-order chi connectivity index (χ0) is 26.3. The summed E-state index contributed by atoms with van der Waals surface area (Å²) in [5, 5.41) is 0. The molecule has 0 aromatic carbocycles. The van der Waals surface area contributed by atoms with Crippen LogP contribution in [-0.2, 0) is 19.1 Å². The number of nitrogens with zero attached hydrogens (tertiary/aromatic N) is 3. The standard InChI is InChI=1S/C25H39N3O6/c1-14(2)27(15(3)4)22(29)18(9)33-24(31)20-12-11-13-21(26-20)25(32)34-19(10)23(30)28(16(5)6)17(7)8/h11-19H,1-10H3/t18-,19-/m0/s1. The molecule has 190 valence electrons. The molecule has 0 N–H and O–H groups in total. The Balaban J connectivity index is 2.93. The highest BCUT2D eigenvalue weighted by Gasteiger charge is 2.30. The smallest absolute Gasteiger partial charge is 0.357 e. The van der Waals surface area contributed by atoms with E-state index in [-0.39, 0.29) is 47.4 Å². The van der Waals surface area contributed by atoms with Crippen molar-refractivity contribution >= 4 is 23.8 Å². The van der Waals surface area contributed by atoms with Crippen LogP contribution in [0.4, 0.5) is 0 Å². The average Bonchev–Trinajstić information content (AvgIpc) is 2.72. The summed E-state index contributed by atoms with van der Waals surface area (Å²) in [5.41, 5.74) is -0.278. The first-order valence-electron chi connectivity index (χ1n) is 11.7. The highest BCUT2D eigenvalue weighted by molar-refractivity contribution is 5.94. The molecule has 0 aliphatic rings. The largest absolute Gasteiger partial charge is 0.448 e. The van der Waals surface area contributed by atoms with Crippen LogP contribution >= 0.6 is 0 Å². The Labute approximate surface area is 202 Å². The van der Waals surface area contributed by atoms with E-state index in [1.807, 2.05) is 55.4 Å². The molecule has 2 atom stereocenters. The highest BCUT2D eigenvalue weighted by atomic mass is 16.6. The van der Waals surface area contributed by atoms with Crippen LogP contribution in [0.3, 0.4) is 0 Å². The van der Waals surface area contributed by atoms with E-state index in [0.29, 0.717) is 0 Å². The van der Waals surface area contributed by atoms with Gasteiger partial charge in [0.2, 0.25) is 0 Å². The second-order valence-electron chi connectivity index (χ2n) is 9.37. The summed E-state index contributed by atoms with van der Waals surface area (Å²) >= 11 is 0. The van der Waals surface area contributed by atoms with Crippen LogP contribution in [0.25, 0.3) is 0 Å². The van der Waals surface area contributed by atoms with Crippen molar-refractivity contribution in [2.24, 2.45) is 0 Å². The molecule has 1 aromatic rings. The van der Waals surface area contributed by atoms with E-state index >= 15 is 0 Å². The lowest BCUT2D eigenvalue weighted by molar-refractivity contribution is -0.144. The van der Waals surface area contributed by atoms with Crippen molar-refractivity contribution < 1.29 is 28.7 Å². The molecule has 0 fully saturated rings. The molecule has 34 heavy (non-hydrogen) atoms. The Bertz CT molecular complexity index is 798. The number of rotatable bonds is 10. The van der Waals surface area contributed by atoms with Crippen LogP contribution in [0.2, 0.25) is 0 Å². The number of aromatic nitrogens is 1. The number of esters is 2. The van der Waals surface area contributed by atoms with Crippen molar-refractivity contribution in [2.45, 2.75) is 106 Å². The van der Waals surface area contributed by atoms with Gasteiger partial charge in [-0.15, -0.1) is 0 Å². The van der Waals surface area contributed by atoms with Crippen molar-refractivity contribution in [3.05, 3.63) is 29.6 Å². The van der Waals surface area contributed by atoms with Crippen molar-refractivity contribution in [3.8, 4) is 0 Å². The van der Waals surface area contributed by atoms with Gasteiger partial charge in [0.25, 0.3) is 11.8 Å². The third-order valence-electron chi connectivity index (χ3n) is 5.16. The van der Waals surface area contributed by atoms with Crippen LogP contribution in [0.15, 0.2) is 18.2 Å². The number of ether oxygens (including phenoxy) is 2. The third-order valence-corrected chi connectivity index (χ3v) is 5.16. The zero-order valence-electron chi connectivity index (χ0n) is 22.0. The summed E-state index contributed by atoms with van der Waals surface area (Å²) in [6.45, 7) is 18.1. The van der Waals surface area contributed by atoms with Crippen molar-refractivity contribution in [1.82, 2.24) is 14.8 Å². The number of hydrogen-bond acceptors (Lipinski definition) is 7. The van der Waals surface area contributed by atoms with Crippen molar-refractivity contribution in [1.29, 1.82) is 0 Å². The second kappa shape index (κ2) is 12.5. The monoisotopic (exact) mass is 477 g/mol. The van der Waals surface area contributed by atoms with Gasteiger partial charge in [-0.3, -0.25) is 9.59 Å². The van der Waals surface area contributed by atoms with Crippen LogP contribution < -0.4 is 0 Å². The Morgan fingerprint density at radius 1 is 0.618 bits per heavy atom. The molecule has 2 amide bonds. The molecule has 1 aromatic heterocycles. The van der Waals surface area contributed by atoms with Gasteiger partial charge in [0.05, 0.1) is 0 Å². The minimum Gasteiger partial charge on any atom is -0.448 e. The van der Waals surface area contributed by atoms with Gasteiger partial charge >= 0.3 is 11.9 Å². The molecular formula is C25H39N3O6. The maximum Gasteiger partial charge on any atom is 0.357 e. The van der Waals surface area contributed by atoms with E-state index < -0.39 is 24.1 Å². The van der Waals surface area contributed by atoms with E-state index in [4.69, 9.17) is 9.47 Å². The molecule has 0 spiro atoms. The van der Waals surface area contributed by atoms with Crippen LogP contribution in [0, 0.1) is 0 Å². The Morgan fingerprint density at radius 2 is 0.912 bits per heavy atom. The summed E-state index contributed by atoms with van der Waals surface area (Å²) in [6.07, 6.45) is -2.05. The SMILES string of the molecule is CC(C)N(C(=O)[C@H](C)OC(=O)c1cccc(C(=O)O[C@@H](C)C(=O)N(C(C)C)C(C)C)n1)C(C)C. The maximum atomic E-state index is 12.7. The zero-order valence-corrected chi connectivity index (χ0v) is 22.0. The molecule has 0 saturated carbocycles. The summed E-state index contributed by atoms with van der Waals surface area (Å²) in [5.74, 6) is -2.31. The molecule has 1 rings (SSSR count).